The van der Waals surface area contributed by atoms with E-state index in [4.69, 9.17) is 9.72 Å². The molecule has 0 bridgehead atoms. The van der Waals surface area contributed by atoms with Crippen LogP contribution in [0.4, 0.5) is 0 Å². The second kappa shape index (κ2) is 7.66. The molecule has 0 fully saturated rings. The van der Waals surface area contributed by atoms with Gasteiger partial charge in [0.2, 0.25) is 0 Å². The van der Waals surface area contributed by atoms with Crippen LogP contribution in [-0.4, -0.2) is 4.98 Å². The first-order valence-electron chi connectivity index (χ1n) is 13.3. The Morgan fingerprint density at radius 1 is 0.410 bits per heavy atom. The van der Waals surface area contributed by atoms with Gasteiger partial charge in [-0.25, -0.2) is 4.98 Å². The summed E-state index contributed by atoms with van der Waals surface area (Å²) >= 11 is 0. The third-order valence-electron chi connectivity index (χ3n) is 8.22. The van der Waals surface area contributed by atoms with Crippen molar-refractivity contribution < 1.29 is 4.74 Å². The van der Waals surface area contributed by atoms with Crippen LogP contribution in [0.1, 0.15) is 0 Å². The average Bonchev–Trinajstić information content (AvgIpc) is 3.01. The van der Waals surface area contributed by atoms with Gasteiger partial charge in [0.25, 0.3) is 0 Å². The number of pyridine rings is 1. The molecule has 8 aromatic rings. The zero-order valence-electron chi connectivity index (χ0n) is 21.0. The highest BCUT2D eigenvalue weighted by atomic mass is 16.5. The van der Waals surface area contributed by atoms with E-state index in [1.807, 2.05) is 24.3 Å². The molecule has 0 aliphatic carbocycles. The topological polar surface area (TPSA) is 22.1 Å². The number of nitrogens with zero attached hydrogens (tertiary/aromatic N) is 1. The molecular formula is C37H21NO. The van der Waals surface area contributed by atoms with E-state index in [0.717, 1.165) is 39.0 Å². The maximum Gasteiger partial charge on any atom is 0.137 e. The predicted octanol–water partition coefficient (Wildman–Crippen LogP) is 10.3. The van der Waals surface area contributed by atoms with Crippen molar-refractivity contribution in [1.82, 2.24) is 4.98 Å². The summed E-state index contributed by atoms with van der Waals surface area (Å²) in [7, 11) is 0. The van der Waals surface area contributed by atoms with Crippen LogP contribution in [0.25, 0.3) is 76.4 Å². The number of rotatable bonds is 1. The minimum absolute atomic E-state index is 0.858. The molecule has 7 aromatic carbocycles. The van der Waals surface area contributed by atoms with Crippen molar-refractivity contribution in [3.05, 3.63) is 127 Å². The maximum absolute atomic E-state index is 6.30. The van der Waals surface area contributed by atoms with Gasteiger partial charge in [-0.05, 0) is 85.2 Å². The quantitative estimate of drug-likeness (QED) is 0.211. The number of fused-ring (bicyclic) bond motifs is 10. The summed E-state index contributed by atoms with van der Waals surface area (Å²) in [5.74, 6) is 1.72. The van der Waals surface area contributed by atoms with Crippen molar-refractivity contribution in [1.29, 1.82) is 0 Å². The first kappa shape index (κ1) is 20.8. The Hall–Kier alpha value is -5.21. The fourth-order valence-electron chi connectivity index (χ4n) is 6.44. The molecule has 0 saturated heterocycles. The summed E-state index contributed by atoms with van der Waals surface area (Å²) in [6, 6.07) is 45.5. The van der Waals surface area contributed by atoms with E-state index >= 15 is 0 Å². The molecule has 180 valence electrons. The van der Waals surface area contributed by atoms with Gasteiger partial charge in [-0.15, -0.1) is 0 Å². The lowest BCUT2D eigenvalue weighted by Crippen LogP contribution is -1.99. The van der Waals surface area contributed by atoms with Crippen LogP contribution in [0, 0.1) is 0 Å². The zero-order chi connectivity index (χ0) is 25.5. The normalized spacial score (nSPS) is 12.3. The molecule has 0 amide bonds. The molecule has 2 nitrogen and oxygen atoms in total. The number of hydrogen-bond donors (Lipinski definition) is 0. The second-order valence-corrected chi connectivity index (χ2v) is 10.3. The summed E-state index contributed by atoms with van der Waals surface area (Å²) in [6.07, 6.45) is 0. The highest BCUT2D eigenvalue weighted by Gasteiger charge is 2.22. The third-order valence-corrected chi connectivity index (χ3v) is 8.22. The molecule has 0 saturated carbocycles. The second-order valence-electron chi connectivity index (χ2n) is 10.3. The minimum Gasteiger partial charge on any atom is -0.456 e. The Bertz CT molecular complexity index is 2280. The molecule has 1 aromatic heterocycles. The van der Waals surface area contributed by atoms with Crippen LogP contribution < -0.4 is 4.74 Å². The van der Waals surface area contributed by atoms with Crippen LogP contribution in [0.15, 0.2) is 127 Å². The van der Waals surface area contributed by atoms with Crippen LogP contribution in [0.5, 0.6) is 11.5 Å². The van der Waals surface area contributed by atoms with Gasteiger partial charge >= 0.3 is 0 Å². The van der Waals surface area contributed by atoms with Crippen LogP contribution in [0.2, 0.25) is 0 Å². The Labute approximate surface area is 224 Å². The van der Waals surface area contributed by atoms with Gasteiger partial charge < -0.3 is 4.74 Å². The van der Waals surface area contributed by atoms with Crippen molar-refractivity contribution in [2.24, 2.45) is 0 Å². The molecular weight excluding hydrogens is 474 g/mol. The highest BCUT2D eigenvalue weighted by Crippen LogP contribution is 2.47. The van der Waals surface area contributed by atoms with Crippen molar-refractivity contribution in [3.63, 3.8) is 0 Å². The van der Waals surface area contributed by atoms with Gasteiger partial charge in [0.05, 0.1) is 16.6 Å². The molecule has 0 radical (unpaired) electrons. The smallest absolute Gasteiger partial charge is 0.137 e. The van der Waals surface area contributed by atoms with E-state index in [-0.39, 0.29) is 0 Å². The Morgan fingerprint density at radius 2 is 0.974 bits per heavy atom. The third kappa shape index (κ3) is 2.89. The SMILES string of the molecule is c1ccc2c(c1)Oc1cccc3c1c-2nc1ccc(-c2ccc4c5ccccc5c5ccccc5c4c2)cc13. The molecule has 0 unspecified atom stereocenters. The predicted molar refractivity (Wildman–Crippen MR) is 163 cm³/mol. The monoisotopic (exact) mass is 495 g/mol. The number of ether oxygens (including phenoxy) is 1. The van der Waals surface area contributed by atoms with Crippen molar-refractivity contribution >= 4 is 54.0 Å². The lowest BCUT2D eigenvalue weighted by Gasteiger charge is -2.21. The molecule has 39 heavy (non-hydrogen) atoms. The average molecular weight is 496 g/mol. The van der Waals surface area contributed by atoms with E-state index in [1.54, 1.807) is 0 Å². The summed E-state index contributed by atoms with van der Waals surface area (Å²) in [5.41, 5.74) is 5.41. The number of hydrogen-bond acceptors (Lipinski definition) is 2. The summed E-state index contributed by atoms with van der Waals surface area (Å²) < 4.78 is 6.30. The van der Waals surface area contributed by atoms with Gasteiger partial charge in [-0.3, -0.25) is 0 Å². The van der Waals surface area contributed by atoms with E-state index in [2.05, 4.69) is 103 Å². The molecule has 0 spiro atoms. The Kier molecular flexibility index (Phi) is 4.08. The number of benzene rings is 7. The summed E-state index contributed by atoms with van der Waals surface area (Å²) in [4.78, 5) is 5.16. The van der Waals surface area contributed by atoms with Gasteiger partial charge in [0, 0.05) is 10.9 Å². The van der Waals surface area contributed by atoms with Gasteiger partial charge in [0.1, 0.15) is 11.5 Å². The van der Waals surface area contributed by atoms with E-state index in [0.29, 0.717) is 0 Å². The van der Waals surface area contributed by atoms with E-state index in [1.165, 1.54) is 48.8 Å². The zero-order valence-corrected chi connectivity index (χ0v) is 21.0. The Balaban J connectivity index is 1.31. The maximum atomic E-state index is 6.30. The number of para-hydroxylation sites is 1. The fourth-order valence-corrected chi connectivity index (χ4v) is 6.44. The Morgan fingerprint density at radius 3 is 1.74 bits per heavy atom. The minimum atomic E-state index is 0.858. The lowest BCUT2D eigenvalue weighted by atomic mass is 9.91. The van der Waals surface area contributed by atoms with Gasteiger partial charge in [0.15, 0.2) is 0 Å². The molecule has 2 heteroatoms. The largest absolute Gasteiger partial charge is 0.456 e. The first-order valence-corrected chi connectivity index (χ1v) is 13.3. The van der Waals surface area contributed by atoms with Crippen molar-refractivity contribution in [2.75, 3.05) is 0 Å². The first-order chi connectivity index (χ1) is 19.3. The highest BCUT2D eigenvalue weighted by molar-refractivity contribution is 6.26. The van der Waals surface area contributed by atoms with Crippen LogP contribution in [-0.2, 0) is 0 Å². The molecule has 1 aliphatic heterocycles. The van der Waals surface area contributed by atoms with Crippen molar-refractivity contribution in [2.45, 2.75) is 0 Å². The van der Waals surface area contributed by atoms with E-state index < -0.39 is 0 Å². The molecule has 0 N–H and O–H groups in total. The van der Waals surface area contributed by atoms with E-state index in [9.17, 15) is 0 Å². The van der Waals surface area contributed by atoms with Gasteiger partial charge in [-0.2, -0.15) is 0 Å². The lowest BCUT2D eigenvalue weighted by molar-refractivity contribution is 0.486. The standard InChI is InChI=1S/C37H21NO/c1-2-10-26-24(8-1)25-9-3-4-11-27(25)31-20-22(16-18-28(26)31)23-17-19-33-32(21-23)29-13-7-15-35-36(29)37(38-33)30-12-5-6-14-34(30)39-35/h1-21H. The fraction of sp³-hybridized carbons (Fsp3) is 0. The molecule has 9 rings (SSSR count). The molecule has 2 heterocycles. The van der Waals surface area contributed by atoms with Gasteiger partial charge in [-0.1, -0.05) is 91.0 Å². The summed E-state index contributed by atoms with van der Waals surface area (Å²) in [6.45, 7) is 0. The van der Waals surface area contributed by atoms with Crippen molar-refractivity contribution in [3.8, 4) is 33.9 Å². The number of aromatic nitrogens is 1. The van der Waals surface area contributed by atoms with Crippen LogP contribution >= 0.6 is 0 Å². The van der Waals surface area contributed by atoms with Crippen LogP contribution in [0.3, 0.4) is 0 Å². The molecule has 1 aliphatic rings. The molecule has 0 atom stereocenters. The summed E-state index contributed by atoms with van der Waals surface area (Å²) in [5, 5.41) is 11.1.